The fraction of sp³-hybridized carbons (Fsp3) is 0.462. The van der Waals surface area contributed by atoms with Crippen LogP contribution in [0.1, 0.15) is 24.5 Å². The van der Waals surface area contributed by atoms with Gasteiger partial charge in [-0.1, -0.05) is 29.8 Å². The van der Waals surface area contributed by atoms with E-state index in [4.69, 9.17) is 4.74 Å². The number of rotatable bonds is 6. The van der Waals surface area contributed by atoms with Crippen molar-refractivity contribution in [2.75, 3.05) is 13.2 Å². The molecule has 15 heavy (non-hydrogen) atoms. The highest BCUT2D eigenvalue weighted by Gasteiger charge is 2.02. The fourth-order valence-electron chi connectivity index (χ4n) is 1.33. The van der Waals surface area contributed by atoms with Crippen molar-refractivity contribution in [1.29, 1.82) is 0 Å². The van der Waals surface area contributed by atoms with E-state index in [0.717, 1.165) is 6.42 Å². The van der Waals surface area contributed by atoms with Crippen LogP contribution in [0.25, 0.3) is 0 Å². The molecule has 0 aliphatic heterocycles. The summed E-state index contributed by atoms with van der Waals surface area (Å²) >= 11 is 0. The van der Waals surface area contributed by atoms with Crippen LogP contribution in [0.4, 0.5) is 0 Å². The third kappa shape index (κ3) is 4.75. The molecule has 0 bridgehead atoms. The van der Waals surface area contributed by atoms with E-state index in [1.54, 1.807) is 0 Å². The van der Waals surface area contributed by atoms with Crippen LogP contribution in [0, 0.1) is 6.92 Å². The zero-order chi connectivity index (χ0) is 11.1. The van der Waals surface area contributed by atoms with Crippen LogP contribution in [-0.4, -0.2) is 19.0 Å². The predicted molar refractivity (Wildman–Crippen MR) is 61.0 cm³/mol. The van der Waals surface area contributed by atoms with Crippen molar-refractivity contribution in [1.82, 2.24) is 0 Å². The molecule has 0 amide bonds. The van der Waals surface area contributed by atoms with Gasteiger partial charge in [0.15, 0.2) is 5.78 Å². The Morgan fingerprint density at radius 3 is 2.53 bits per heavy atom. The molecule has 0 aliphatic carbocycles. The summed E-state index contributed by atoms with van der Waals surface area (Å²) in [5, 5.41) is 0. The molecule has 1 aromatic rings. The van der Waals surface area contributed by atoms with Gasteiger partial charge in [-0.15, -0.1) is 0 Å². The van der Waals surface area contributed by atoms with E-state index in [2.05, 4.69) is 31.2 Å². The molecule has 0 saturated heterocycles. The van der Waals surface area contributed by atoms with Gasteiger partial charge in [-0.25, -0.2) is 0 Å². The lowest BCUT2D eigenvalue weighted by Crippen LogP contribution is -2.09. The molecule has 0 heterocycles. The van der Waals surface area contributed by atoms with E-state index in [1.807, 2.05) is 6.92 Å². The number of ketones is 1. The molecular formula is C13H18O2. The van der Waals surface area contributed by atoms with Crippen molar-refractivity contribution >= 4 is 5.78 Å². The number of hydrogen-bond donors (Lipinski definition) is 0. The molecule has 82 valence electrons. The van der Waals surface area contributed by atoms with E-state index in [1.165, 1.54) is 11.1 Å². The minimum atomic E-state index is 0.178. The summed E-state index contributed by atoms with van der Waals surface area (Å²) in [7, 11) is 0. The van der Waals surface area contributed by atoms with Gasteiger partial charge in [0.05, 0.1) is 0 Å². The second-order valence-corrected chi connectivity index (χ2v) is 3.66. The van der Waals surface area contributed by atoms with Crippen molar-refractivity contribution in [3.8, 4) is 0 Å². The average molecular weight is 206 g/mol. The van der Waals surface area contributed by atoms with Crippen LogP contribution >= 0.6 is 0 Å². The maximum atomic E-state index is 11.3. The summed E-state index contributed by atoms with van der Waals surface area (Å²) in [4.78, 5) is 11.3. The number of hydrogen-bond acceptors (Lipinski definition) is 2. The first kappa shape index (κ1) is 11.9. The number of carbonyl (C=O) groups is 1. The van der Waals surface area contributed by atoms with Gasteiger partial charge in [-0.2, -0.15) is 0 Å². The van der Waals surface area contributed by atoms with E-state index < -0.39 is 0 Å². The Morgan fingerprint density at radius 2 is 1.93 bits per heavy atom. The van der Waals surface area contributed by atoms with Gasteiger partial charge >= 0.3 is 0 Å². The summed E-state index contributed by atoms with van der Waals surface area (Å²) in [5.41, 5.74) is 2.46. The Labute approximate surface area is 91.3 Å². The van der Waals surface area contributed by atoms with Gasteiger partial charge < -0.3 is 4.74 Å². The molecule has 0 radical (unpaired) electrons. The zero-order valence-corrected chi connectivity index (χ0v) is 9.45. The molecule has 0 unspecified atom stereocenters. The zero-order valence-electron chi connectivity index (χ0n) is 9.45. The van der Waals surface area contributed by atoms with E-state index in [0.29, 0.717) is 13.0 Å². The number of benzene rings is 1. The lowest BCUT2D eigenvalue weighted by molar-refractivity contribution is -0.123. The second kappa shape index (κ2) is 6.36. The topological polar surface area (TPSA) is 26.3 Å². The molecule has 0 spiro atoms. The standard InChI is InChI=1S/C13H18O2/c1-3-15-10-13(14)9-8-12-6-4-11(2)5-7-12/h4-7H,3,8-10H2,1-2H3. The Bertz CT molecular complexity index is 301. The second-order valence-electron chi connectivity index (χ2n) is 3.66. The monoisotopic (exact) mass is 206 g/mol. The molecule has 2 nitrogen and oxygen atoms in total. The van der Waals surface area contributed by atoms with Gasteiger partial charge in [0.25, 0.3) is 0 Å². The van der Waals surface area contributed by atoms with Crippen LogP contribution in [0.2, 0.25) is 0 Å². The molecule has 0 saturated carbocycles. The van der Waals surface area contributed by atoms with Gasteiger partial charge in [-0.05, 0) is 25.8 Å². The highest BCUT2D eigenvalue weighted by Crippen LogP contribution is 2.06. The van der Waals surface area contributed by atoms with Gasteiger partial charge in [-0.3, -0.25) is 4.79 Å². The lowest BCUT2D eigenvalue weighted by Gasteiger charge is -2.02. The van der Waals surface area contributed by atoms with Crippen molar-refractivity contribution in [3.63, 3.8) is 0 Å². The van der Waals surface area contributed by atoms with E-state index in [-0.39, 0.29) is 12.4 Å². The van der Waals surface area contributed by atoms with Crippen LogP contribution in [-0.2, 0) is 16.0 Å². The number of Topliss-reactive ketones (excluding diaryl/α,β-unsaturated/α-hetero) is 1. The molecule has 0 fully saturated rings. The first-order chi connectivity index (χ1) is 7.22. The van der Waals surface area contributed by atoms with Gasteiger partial charge in [0.2, 0.25) is 0 Å². The molecule has 0 aromatic heterocycles. The first-order valence-electron chi connectivity index (χ1n) is 5.37. The SMILES string of the molecule is CCOCC(=O)CCc1ccc(C)cc1. The van der Waals surface area contributed by atoms with Crippen molar-refractivity contribution in [2.24, 2.45) is 0 Å². The molecule has 2 heteroatoms. The summed E-state index contributed by atoms with van der Waals surface area (Å²) in [6.07, 6.45) is 1.38. The van der Waals surface area contributed by atoms with Crippen molar-refractivity contribution in [3.05, 3.63) is 35.4 Å². The highest BCUT2D eigenvalue weighted by atomic mass is 16.5. The quantitative estimate of drug-likeness (QED) is 0.715. The number of ether oxygens (including phenoxy) is 1. The lowest BCUT2D eigenvalue weighted by atomic mass is 10.1. The molecule has 0 N–H and O–H groups in total. The molecule has 0 atom stereocenters. The van der Waals surface area contributed by atoms with Crippen molar-refractivity contribution < 1.29 is 9.53 Å². The maximum absolute atomic E-state index is 11.3. The van der Waals surface area contributed by atoms with Crippen LogP contribution < -0.4 is 0 Å². The summed E-state index contributed by atoms with van der Waals surface area (Å²) < 4.78 is 5.05. The summed E-state index contributed by atoms with van der Waals surface area (Å²) in [6, 6.07) is 8.29. The summed E-state index contributed by atoms with van der Waals surface area (Å²) in [6.45, 7) is 4.82. The number of aryl methyl sites for hydroxylation is 2. The van der Waals surface area contributed by atoms with E-state index in [9.17, 15) is 4.79 Å². The smallest absolute Gasteiger partial charge is 0.158 e. The Kier molecular flexibility index (Phi) is 5.05. The molecule has 1 rings (SSSR count). The molecule has 0 aliphatic rings. The fourth-order valence-corrected chi connectivity index (χ4v) is 1.33. The molecular weight excluding hydrogens is 188 g/mol. The minimum Gasteiger partial charge on any atom is -0.374 e. The van der Waals surface area contributed by atoms with Crippen molar-refractivity contribution in [2.45, 2.75) is 26.7 Å². The largest absolute Gasteiger partial charge is 0.374 e. The Hall–Kier alpha value is -1.15. The van der Waals surface area contributed by atoms with Gasteiger partial charge in [0, 0.05) is 13.0 Å². The van der Waals surface area contributed by atoms with Gasteiger partial charge in [0.1, 0.15) is 6.61 Å². The Balaban J connectivity index is 2.30. The minimum absolute atomic E-state index is 0.178. The van der Waals surface area contributed by atoms with Crippen LogP contribution in [0.3, 0.4) is 0 Å². The summed E-state index contributed by atoms with van der Waals surface area (Å²) in [5.74, 6) is 0.178. The third-order valence-corrected chi connectivity index (χ3v) is 2.28. The predicted octanol–water partition coefficient (Wildman–Crippen LogP) is 2.53. The van der Waals surface area contributed by atoms with E-state index >= 15 is 0 Å². The normalized spacial score (nSPS) is 10.3. The molecule has 1 aromatic carbocycles. The average Bonchev–Trinajstić information content (AvgIpc) is 2.25. The Morgan fingerprint density at radius 1 is 1.27 bits per heavy atom. The third-order valence-electron chi connectivity index (χ3n) is 2.28. The van der Waals surface area contributed by atoms with Crippen LogP contribution in [0.5, 0.6) is 0 Å². The van der Waals surface area contributed by atoms with Crippen LogP contribution in [0.15, 0.2) is 24.3 Å². The highest BCUT2D eigenvalue weighted by molar-refractivity contribution is 5.79. The first-order valence-corrected chi connectivity index (χ1v) is 5.37. The maximum Gasteiger partial charge on any atom is 0.158 e. The number of carbonyl (C=O) groups excluding carboxylic acids is 1.